The van der Waals surface area contributed by atoms with Crippen molar-refractivity contribution in [2.75, 3.05) is 0 Å². The highest BCUT2D eigenvalue weighted by Crippen LogP contribution is 2.36. The number of carbonyl (C=O) groups is 1. The van der Waals surface area contributed by atoms with Crippen molar-refractivity contribution >= 4 is 5.91 Å². The Bertz CT molecular complexity index is 443. The number of H-pyrrole nitrogens is 1. The molecule has 2 aliphatic carbocycles. The number of hydrogen-bond acceptors (Lipinski definition) is 4. The van der Waals surface area contributed by atoms with Crippen molar-refractivity contribution < 1.29 is 4.79 Å². The minimum Gasteiger partial charge on any atom is -0.332 e. The Morgan fingerprint density at radius 2 is 2.22 bits per heavy atom. The molecule has 2 fully saturated rings. The molecule has 0 radical (unpaired) electrons. The number of hydrogen-bond donors (Lipinski definition) is 1. The van der Waals surface area contributed by atoms with E-state index in [4.69, 9.17) is 0 Å². The van der Waals surface area contributed by atoms with E-state index in [9.17, 15) is 4.79 Å². The molecule has 18 heavy (non-hydrogen) atoms. The fourth-order valence-corrected chi connectivity index (χ4v) is 2.47. The van der Waals surface area contributed by atoms with Gasteiger partial charge >= 0.3 is 0 Å². The predicted molar refractivity (Wildman–Crippen MR) is 64.2 cm³/mol. The zero-order valence-corrected chi connectivity index (χ0v) is 10.3. The van der Waals surface area contributed by atoms with Gasteiger partial charge in [-0.3, -0.25) is 4.79 Å². The summed E-state index contributed by atoms with van der Waals surface area (Å²) in [6, 6.07) is 0.388. The summed E-state index contributed by atoms with van der Waals surface area (Å²) < 4.78 is 0. The first kappa shape index (κ1) is 11.4. The van der Waals surface area contributed by atoms with Crippen molar-refractivity contribution in [3.8, 4) is 0 Å². The van der Waals surface area contributed by atoms with Crippen LogP contribution in [0, 0.1) is 5.92 Å². The third-order valence-corrected chi connectivity index (χ3v) is 3.63. The summed E-state index contributed by atoms with van der Waals surface area (Å²) in [4.78, 5) is 14.2. The Kier molecular flexibility index (Phi) is 2.85. The Morgan fingerprint density at radius 3 is 2.78 bits per heavy atom. The molecule has 2 saturated carbocycles. The van der Waals surface area contributed by atoms with Crippen LogP contribution in [-0.2, 0) is 11.3 Å². The van der Waals surface area contributed by atoms with E-state index in [1.165, 1.54) is 5.57 Å². The average Bonchev–Trinajstić information content (AvgIpc) is 3.01. The van der Waals surface area contributed by atoms with Gasteiger partial charge in [0.2, 0.25) is 5.91 Å². The molecular weight excluding hydrogens is 230 g/mol. The SMILES string of the molecule is C=C1CC(CC(=O)N(Cc2nn[nH]n2)C2CC2)C1. The lowest BCUT2D eigenvalue weighted by Gasteiger charge is -2.30. The zero-order valence-electron chi connectivity index (χ0n) is 10.3. The molecule has 96 valence electrons. The molecule has 0 atom stereocenters. The van der Waals surface area contributed by atoms with E-state index in [1.54, 1.807) is 0 Å². The quantitative estimate of drug-likeness (QED) is 0.789. The van der Waals surface area contributed by atoms with Crippen LogP contribution < -0.4 is 0 Å². The molecule has 1 amide bonds. The van der Waals surface area contributed by atoms with Gasteiger partial charge < -0.3 is 4.90 Å². The molecule has 0 aromatic carbocycles. The van der Waals surface area contributed by atoms with E-state index in [0.29, 0.717) is 30.7 Å². The van der Waals surface area contributed by atoms with Gasteiger partial charge in [-0.15, -0.1) is 10.2 Å². The highest BCUT2D eigenvalue weighted by Gasteiger charge is 2.35. The van der Waals surface area contributed by atoms with Gasteiger partial charge in [0.1, 0.15) is 0 Å². The molecule has 0 bridgehead atoms. The summed E-state index contributed by atoms with van der Waals surface area (Å²) in [5.74, 6) is 1.31. The largest absolute Gasteiger partial charge is 0.332 e. The lowest BCUT2D eigenvalue weighted by molar-refractivity contribution is -0.133. The molecule has 0 saturated heterocycles. The van der Waals surface area contributed by atoms with Crippen molar-refractivity contribution in [3.05, 3.63) is 18.0 Å². The first-order valence-electron chi connectivity index (χ1n) is 6.41. The van der Waals surface area contributed by atoms with Gasteiger partial charge in [-0.2, -0.15) is 5.21 Å². The number of rotatable bonds is 5. The summed E-state index contributed by atoms with van der Waals surface area (Å²) in [6.45, 7) is 4.39. The molecule has 3 rings (SSSR count). The first-order valence-corrected chi connectivity index (χ1v) is 6.41. The topological polar surface area (TPSA) is 74.8 Å². The third-order valence-electron chi connectivity index (χ3n) is 3.63. The summed E-state index contributed by atoms with van der Waals surface area (Å²) in [6.07, 6.45) is 4.84. The van der Waals surface area contributed by atoms with Crippen LogP contribution in [0.25, 0.3) is 0 Å². The average molecular weight is 247 g/mol. The summed E-state index contributed by atoms with van der Waals surface area (Å²) >= 11 is 0. The van der Waals surface area contributed by atoms with E-state index < -0.39 is 0 Å². The highest BCUT2D eigenvalue weighted by molar-refractivity contribution is 5.77. The molecule has 1 aromatic rings. The number of amides is 1. The van der Waals surface area contributed by atoms with Crippen LogP contribution in [-0.4, -0.2) is 37.5 Å². The molecule has 1 aromatic heterocycles. The Labute approximate surface area is 105 Å². The van der Waals surface area contributed by atoms with Crippen LogP contribution in [0.2, 0.25) is 0 Å². The lowest BCUT2D eigenvalue weighted by atomic mass is 9.79. The molecule has 6 nitrogen and oxygen atoms in total. The van der Waals surface area contributed by atoms with Gasteiger partial charge in [0.15, 0.2) is 5.82 Å². The number of allylic oxidation sites excluding steroid dienone is 1. The second kappa shape index (κ2) is 4.51. The molecule has 1 N–H and O–H groups in total. The van der Waals surface area contributed by atoms with Gasteiger partial charge in [0.25, 0.3) is 0 Å². The second-order valence-electron chi connectivity index (χ2n) is 5.31. The molecule has 0 aliphatic heterocycles. The predicted octanol–water partition coefficient (Wildman–Crippen LogP) is 1.05. The maximum absolute atomic E-state index is 12.3. The van der Waals surface area contributed by atoms with E-state index in [1.807, 2.05) is 4.90 Å². The molecule has 0 spiro atoms. The second-order valence-corrected chi connectivity index (χ2v) is 5.31. The minimum atomic E-state index is 0.222. The zero-order chi connectivity index (χ0) is 12.5. The maximum Gasteiger partial charge on any atom is 0.223 e. The van der Waals surface area contributed by atoms with E-state index in [0.717, 1.165) is 25.7 Å². The van der Waals surface area contributed by atoms with E-state index in [-0.39, 0.29) is 5.91 Å². The Balaban J connectivity index is 1.58. The van der Waals surface area contributed by atoms with Gasteiger partial charge in [0.05, 0.1) is 6.54 Å². The van der Waals surface area contributed by atoms with Crippen molar-refractivity contribution in [3.63, 3.8) is 0 Å². The van der Waals surface area contributed by atoms with Crippen LogP contribution in [0.15, 0.2) is 12.2 Å². The van der Waals surface area contributed by atoms with E-state index in [2.05, 4.69) is 27.2 Å². The monoisotopic (exact) mass is 247 g/mol. The van der Waals surface area contributed by atoms with Gasteiger partial charge in [-0.05, 0) is 31.6 Å². The normalized spacial score (nSPS) is 19.7. The molecule has 1 heterocycles. The van der Waals surface area contributed by atoms with Crippen molar-refractivity contribution in [1.29, 1.82) is 0 Å². The van der Waals surface area contributed by atoms with Crippen molar-refractivity contribution in [2.45, 2.75) is 44.7 Å². The van der Waals surface area contributed by atoms with Crippen molar-refractivity contribution in [1.82, 2.24) is 25.5 Å². The lowest BCUT2D eigenvalue weighted by Crippen LogP contribution is -2.35. The van der Waals surface area contributed by atoms with Crippen LogP contribution in [0.4, 0.5) is 0 Å². The van der Waals surface area contributed by atoms with Crippen LogP contribution >= 0.6 is 0 Å². The minimum absolute atomic E-state index is 0.222. The van der Waals surface area contributed by atoms with Crippen molar-refractivity contribution in [2.24, 2.45) is 5.92 Å². The highest BCUT2D eigenvalue weighted by atomic mass is 16.2. The maximum atomic E-state index is 12.3. The standard InChI is InChI=1S/C12H17N5O/c1-8-4-9(5-8)6-12(18)17(10-2-3-10)7-11-13-15-16-14-11/h9-10H,1-7H2,(H,13,14,15,16). The fourth-order valence-electron chi connectivity index (χ4n) is 2.47. The van der Waals surface area contributed by atoms with Gasteiger partial charge in [0, 0.05) is 12.5 Å². The van der Waals surface area contributed by atoms with Crippen LogP contribution in [0.5, 0.6) is 0 Å². The molecule has 0 unspecified atom stereocenters. The smallest absolute Gasteiger partial charge is 0.223 e. The summed E-state index contributed by atoms with van der Waals surface area (Å²) in [7, 11) is 0. The molecular formula is C12H17N5O. The number of nitrogens with zero attached hydrogens (tertiary/aromatic N) is 4. The number of aromatic amines is 1. The Hall–Kier alpha value is -1.72. The fraction of sp³-hybridized carbons (Fsp3) is 0.667. The number of carbonyl (C=O) groups excluding carboxylic acids is 1. The molecule has 6 heteroatoms. The van der Waals surface area contributed by atoms with Crippen LogP contribution in [0.3, 0.4) is 0 Å². The summed E-state index contributed by atoms with van der Waals surface area (Å²) in [5.41, 5.74) is 1.27. The number of nitrogens with one attached hydrogen (secondary N) is 1. The van der Waals surface area contributed by atoms with Gasteiger partial charge in [-0.1, -0.05) is 17.4 Å². The first-order chi connectivity index (χ1) is 8.72. The summed E-state index contributed by atoms with van der Waals surface area (Å²) in [5, 5.41) is 13.8. The number of aromatic nitrogens is 4. The van der Waals surface area contributed by atoms with Crippen LogP contribution in [0.1, 0.15) is 37.9 Å². The Morgan fingerprint density at radius 1 is 1.44 bits per heavy atom. The third kappa shape index (κ3) is 2.42. The molecule has 2 aliphatic rings. The van der Waals surface area contributed by atoms with E-state index >= 15 is 0 Å². The van der Waals surface area contributed by atoms with Gasteiger partial charge in [-0.25, -0.2) is 0 Å². The number of tetrazole rings is 1.